The topological polar surface area (TPSA) is 200 Å². The fourth-order valence-corrected chi connectivity index (χ4v) is 5.18. The van der Waals surface area contributed by atoms with Crippen LogP contribution in [0.1, 0.15) is 25.2 Å². The second kappa shape index (κ2) is 10.8. The summed E-state index contributed by atoms with van der Waals surface area (Å²) in [4.78, 5) is 26.3. The van der Waals surface area contributed by atoms with Crippen molar-refractivity contribution in [1.29, 1.82) is 0 Å². The lowest BCUT2D eigenvalue weighted by Gasteiger charge is -2.40. The average Bonchev–Trinajstić information content (AvgIpc) is 3.48. The molecule has 1 aliphatic heterocycles. The molecule has 13 nitrogen and oxygen atoms in total. The van der Waals surface area contributed by atoms with E-state index in [1.165, 1.54) is 16.7 Å². The molecule has 5 rings (SSSR count). The summed E-state index contributed by atoms with van der Waals surface area (Å²) in [5.74, 6) is 0.734. The van der Waals surface area contributed by atoms with Gasteiger partial charge in [0.15, 0.2) is 11.3 Å². The summed E-state index contributed by atoms with van der Waals surface area (Å²) in [6.07, 6.45) is -4.53. The van der Waals surface area contributed by atoms with E-state index in [1.54, 1.807) is 45.2 Å². The summed E-state index contributed by atoms with van der Waals surface area (Å²) in [6, 6.07) is 7.75. The van der Waals surface area contributed by atoms with Gasteiger partial charge in [-0.25, -0.2) is 9.78 Å². The number of nitrogens with one attached hydrogen (secondary N) is 1. The van der Waals surface area contributed by atoms with Gasteiger partial charge in [-0.15, -0.1) is 0 Å². The minimum absolute atomic E-state index is 0.193. The van der Waals surface area contributed by atoms with Crippen molar-refractivity contribution in [2.45, 2.75) is 69.4 Å². The van der Waals surface area contributed by atoms with E-state index < -0.39 is 55.4 Å². The number of ether oxygens (including phenoxy) is 1. The molecule has 222 valence electrons. The Bertz CT molecular complexity index is 1610. The van der Waals surface area contributed by atoms with Gasteiger partial charge in [0, 0.05) is 30.8 Å². The Morgan fingerprint density at radius 3 is 2.71 bits per heavy atom. The second-order valence-corrected chi connectivity index (χ2v) is 11.0. The largest absolute Gasteiger partial charge is 0.494 e. The average molecular weight is 575 g/mol. The Hall–Kier alpha value is -3.43. The van der Waals surface area contributed by atoms with Crippen molar-refractivity contribution in [2.75, 3.05) is 13.2 Å². The Labute approximate surface area is 233 Å². The van der Waals surface area contributed by atoms with Gasteiger partial charge in [0.2, 0.25) is 0 Å². The molecule has 0 bridgehead atoms. The van der Waals surface area contributed by atoms with Gasteiger partial charge < -0.3 is 49.3 Å². The highest BCUT2D eigenvalue weighted by Gasteiger charge is 2.48. The summed E-state index contributed by atoms with van der Waals surface area (Å²) in [5.41, 5.74) is -1.53. The van der Waals surface area contributed by atoms with Crippen molar-refractivity contribution in [3.8, 4) is 11.6 Å². The maximum atomic E-state index is 12.5. The van der Waals surface area contributed by atoms with E-state index in [0.717, 1.165) is 0 Å². The Kier molecular flexibility index (Phi) is 7.63. The number of H-pyrrole nitrogens is 1. The highest BCUT2D eigenvalue weighted by molar-refractivity contribution is 5.80. The fraction of sp³-hybridized carbons (Fsp3) is 0.464. The number of aromatic amines is 1. The van der Waals surface area contributed by atoms with Gasteiger partial charge in [-0.3, -0.25) is 4.79 Å². The number of aryl methyl sites for hydroxylation is 1. The number of hydrogen-bond acceptors (Lipinski definition) is 11. The van der Waals surface area contributed by atoms with Crippen LogP contribution in [0.5, 0.6) is 11.6 Å². The van der Waals surface area contributed by atoms with Crippen LogP contribution in [0.25, 0.3) is 22.0 Å². The lowest BCUT2D eigenvalue weighted by molar-refractivity contribution is -0.363. The Balaban J connectivity index is 1.33. The number of fused-ring (bicyclic) bond motifs is 3. The first-order chi connectivity index (χ1) is 19.3. The Morgan fingerprint density at radius 2 is 1.98 bits per heavy atom. The smallest absolute Gasteiger partial charge is 0.193 e. The Morgan fingerprint density at radius 1 is 1.22 bits per heavy atom. The van der Waals surface area contributed by atoms with E-state index in [2.05, 4.69) is 4.98 Å². The zero-order valence-corrected chi connectivity index (χ0v) is 22.8. The summed E-state index contributed by atoms with van der Waals surface area (Å²) in [5, 5.41) is 63.4. The maximum Gasteiger partial charge on any atom is 0.193 e. The number of nitrogens with zero attached hydrogens (tertiary/aromatic N) is 1. The molecule has 4 aromatic rings. The number of rotatable bonds is 10. The fourth-order valence-electron chi connectivity index (χ4n) is 5.18. The molecular formula is C28H34N2O11. The van der Waals surface area contributed by atoms with Crippen LogP contribution in [0.4, 0.5) is 0 Å². The van der Waals surface area contributed by atoms with Gasteiger partial charge in [-0.1, -0.05) is 0 Å². The molecule has 0 saturated carbocycles. The van der Waals surface area contributed by atoms with Crippen LogP contribution in [0.3, 0.4) is 0 Å². The molecule has 3 aromatic heterocycles. The zero-order valence-electron chi connectivity index (χ0n) is 22.8. The molecule has 1 aliphatic rings. The third-order valence-corrected chi connectivity index (χ3v) is 7.65. The van der Waals surface area contributed by atoms with Crippen LogP contribution in [-0.4, -0.2) is 89.0 Å². The highest BCUT2D eigenvalue weighted by Crippen LogP contribution is 2.37. The van der Waals surface area contributed by atoms with Crippen LogP contribution >= 0.6 is 0 Å². The number of aromatic hydroxyl groups is 1. The molecule has 0 fully saturated rings. The molecule has 4 heterocycles. The minimum atomic E-state index is -2.50. The van der Waals surface area contributed by atoms with Crippen molar-refractivity contribution < 1.29 is 49.6 Å². The second-order valence-electron chi connectivity index (χ2n) is 11.0. The maximum absolute atomic E-state index is 12.5. The third-order valence-electron chi connectivity index (χ3n) is 7.65. The first-order valence-corrected chi connectivity index (χ1v) is 13.1. The molecule has 41 heavy (non-hydrogen) atoms. The summed E-state index contributed by atoms with van der Waals surface area (Å²) in [6.45, 7) is 3.10. The van der Waals surface area contributed by atoms with Crippen molar-refractivity contribution in [3.05, 3.63) is 58.1 Å². The highest BCUT2D eigenvalue weighted by atomic mass is 17.2. The lowest BCUT2D eigenvalue weighted by atomic mass is 9.87. The van der Waals surface area contributed by atoms with Gasteiger partial charge in [0.05, 0.1) is 29.6 Å². The van der Waals surface area contributed by atoms with Gasteiger partial charge in [0.1, 0.15) is 59.3 Å². The molecule has 0 spiro atoms. The van der Waals surface area contributed by atoms with E-state index in [-0.39, 0.29) is 17.7 Å². The molecule has 1 aromatic carbocycles. The summed E-state index contributed by atoms with van der Waals surface area (Å²) >= 11 is 0. The normalized spacial score (nSPS) is 20.3. The van der Waals surface area contributed by atoms with Gasteiger partial charge in [-0.2, -0.15) is 0 Å². The van der Waals surface area contributed by atoms with E-state index in [9.17, 15) is 35.4 Å². The minimum Gasteiger partial charge on any atom is -0.494 e. The van der Waals surface area contributed by atoms with Crippen LogP contribution in [0, 0.1) is 6.92 Å². The van der Waals surface area contributed by atoms with Crippen LogP contribution in [0.15, 0.2) is 45.7 Å². The number of aromatic nitrogens is 2. The van der Waals surface area contributed by atoms with Gasteiger partial charge in [-0.05, 0) is 38.5 Å². The quantitative estimate of drug-likeness (QED) is 0.103. The first kappa shape index (κ1) is 29.1. The van der Waals surface area contributed by atoms with Crippen molar-refractivity contribution >= 4 is 22.0 Å². The van der Waals surface area contributed by atoms with Crippen molar-refractivity contribution in [1.82, 2.24) is 9.55 Å². The lowest BCUT2D eigenvalue weighted by Crippen LogP contribution is -2.61. The number of hydrogen-bond donors (Lipinski definition) is 7. The predicted octanol–water partition coefficient (Wildman–Crippen LogP) is 0.626. The monoisotopic (exact) mass is 574 g/mol. The van der Waals surface area contributed by atoms with Crippen molar-refractivity contribution in [3.63, 3.8) is 0 Å². The summed E-state index contributed by atoms with van der Waals surface area (Å²) < 4.78 is 13.0. The number of aliphatic hydroxyl groups excluding tert-OH is 4. The number of aliphatic hydroxyl groups is 5. The van der Waals surface area contributed by atoms with Gasteiger partial charge in [0.25, 0.3) is 0 Å². The standard InChI is InChI=1S/C28H34N2O11/c1-14-6-19(32)16-7-15-8-24(27(2,3)40-21(15)10-22(16)39-14)41-38-12-23(34)28(37,26(36)20(33)11-31)13-30-18-4-5-29-17(18)9-25(30)35/h4-7,9-10,20,23-24,26,29,31,33-37H,8,11-13H2,1-3H3/t20-,23+,24-,26-,28-/m1/s1. The predicted molar refractivity (Wildman–Crippen MR) is 144 cm³/mol. The third kappa shape index (κ3) is 5.33. The first-order valence-electron chi connectivity index (χ1n) is 13.1. The van der Waals surface area contributed by atoms with E-state index in [0.29, 0.717) is 39.1 Å². The molecule has 0 aliphatic carbocycles. The summed E-state index contributed by atoms with van der Waals surface area (Å²) in [7, 11) is 0. The van der Waals surface area contributed by atoms with Gasteiger partial charge >= 0.3 is 0 Å². The molecule has 13 heteroatoms. The van der Waals surface area contributed by atoms with Crippen LogP contribution in [-0.2, 0) is 22.7 Å². The molecule has 0 amide bonds. The molecule has 0 unspecified atom stereocenters. The van der Waals surface area contributed by atoms with Crippen molar-refractivity contribution in [2.24, 2.45) is 0 Å². The van der Waals surface area contributed by atoms with E-state index in [1.807, 2.05) is 0 Å². The number of benzene rings is 1. The van der Waals surface area contributed by atoms with E-state index in [4.69, 9.17) is 18.9 Å². The molecule has 7 N–H and O–H groups in total. The van der Waals surface area contributed by atoms with Crippen LogP contribution in [0.2, 0.25) is 0 Å². The molecule has 0 radical (unpaired) electrons. The SMILES string of the molecule is Cc1cc(=O)c2cc3c(cc2o1)OC(C)(C)[C@H](OOC[C@H](O)[C@](O)(Cn1c(O)cc2[nH]ccc21)[C@H](O)[C@H](O)CO)C3. The van der Waals surface area contributed by atoms with Crippen LogP contribution < -0.4 is 10.2 Å². The zero-order chi connectivity index (χ0) is 29.7. The molecule has 0 saturated heterocycles. The molecule has 5 atom stereocenters. The molecular weight excluding hydrogens is 540 g/mol. The van der Waals surface area contributed by atoms with E-state index >= 15 is 0 Å².